The molecule has 0 aromatic heterocycles. The summed E-state index contributed by atoms with van der Waals surface area (Å²) in [7, 11) is 0. The molecule has 2 heterocycles. The zero-order valence-electron chi connectivity index (χ0n) is 10.4. The van der Waals surface area contributed by atoms with Gasteiger partial charge in [-0.25, -0.2) is 0 Å². The van der Waals surface area contributed by atoms with Crippen molar-refractivity contribution in [1.29, 1.82) is 0 Å². The molecule has 2 aliphatic heterocycles. The van der Waals surface area contributed by atoms with Crippen LogP contribution >= 0.6 is 0 Å². The number of fused-ring (bicyclic) bond motifs is 2. The molecule has 1 saturated heterocycles. The normalized spacial score (nSPS) is 42.7. The molecule has 3 atom stereocenters. The largest absolute Gasteiger partial charge is 0.361 e. The van der Waals surface area contributed by atoms with Gasteiger partial charge >= 0.3 is 0 Å². The lowest BCUT2D eigenvalue weighted by Gasteiger charge is -2.25. The molecule has 0 saturated carbocycles. The van der Waals surface area contributed by atoms with Crippen LogP contribution in [-0.2, 0) is 4.74 Å². The van der Waals surface area contributed by atoms with Crippen LogP contribution in [0.15, 0.2) is 12.2 Å². The number of ether oxygens (including phenoxy) is 1. The first kappa shape index (κ1) is 11.2. The Morgan fingerprint density at radius 3 is 2.53 bits per heavy atom. The van der Waals surface area contributed by atoms with Crippen LogP contribution in [0, 0.1) is 5.92 Å². The molecular formula is C14H24O. The Morgan fingerprint density at radius 2 is 2.00 bits per heavy atom. The Balaban J connectivity index is 1.83. The monoisotopic (exact) mass is 208 g/mol. The van der Waals surface area contributed by atoms with Crippen LogP contribution < -0.4 is 0 Å². The van der Waals surface area contributed by atoms with Gasteiger partial charge in [0, 0.05) is 0 Å². The SMILES string of the molecule is CCCCCCC1CC2(C)C=CC1(C)O2. The fraction of sp³-hybridized carbons (Fsp3) is 0.857. The predicted molar refractivity (Wildman–Crippen MR) is 63.9 cm³/mol. The number of rotatable bonds is 5. The second kappa shape index (κ2) is 3.93. The smallest absolute Gasteiger partial charge is 0.0876 e. The van der Waals surface area contributed by atoms with Gasteiger partial charge in [0.05, 0.1) is 11.2 Å². The van der Waals surface area contributed by atoms with Crippen LogP contribution in [0.1, 0.15) is 59.3 Å². The van der Waals surface area contributed by atoms with Gasteiger partial charge in [-0.1, -0.05) is 44.8 Å². The van der Waals surface area contributed by atoms with Gasteiger partial charge in [-0.2, -0.15) is 0 Å². The van der Waals surface area contributed by atoms with Crippen LogP contribution in [0.25, 0.3) is 0 Å². The van der Waals surface area contributed by atoms with Crippen molar-refractivity contribution in [2.24, 2.45) is 5.92 Å². The third-order valence-corrected chi connectivity index (χ3v) is 4.09. The minimum absolute atomic E-state index is 0.0565. The molecule has 2 bridgehead atoms. The zero-order chi connectivity index (χ0) is 10.9. The summed E-state index contributed by atoms with van der Waals surface area (Å²) < 4.78 is 6.11. The van der Waals surface area contributed by atoms with Gasteiger partial charge in [0.1, 0.15) is 0 Å². The highest BCUT2D eigenvalue weighted by Gasteiger charge is 2.52. The second-order valence-corrected chi connectivity index (χ2v) is 5.68. The van der Waals surface area contributed by atoms with Crippen LogP contribution in [0.2, 0.25) is 0 Å². The molecule has 0 aromatic rings. The number of hydrogen-bond acceptors (Lipinski definition) is 1. The van der Waals surface area contributed by atoms with Crippen molar-refractivity contribution < 1.29 is 4.74 Å². The number of unbranched alkanes of at least 4 members (excludes halogenated alkanes) is 3. The summed E-state index contributed by atoms with van der Waals surface area (Å²) in [5, 5.41) is 0. The topological polar surface area (TPSA) is 9.23 Å². The van der Waals surface area contributed by atoms with E-state index in [2.05, 4.69) is 32.9 Å². The lowest BCUT2D eigenvalue weighted by Crippen LogP contribution is -2.27. The van der Waals surface area contributed by atoms with Crippen LogP contribution in [0.4, 0.5) is 0 Å². The Labute approximate surface area is 93.9 Å². The van der Waals surface area contributed by atoms with Gasteiger partial charge in [-0.15, -0.1) is 0 Å². The standard InChI is InChI=1S/C14H24O/c1-4-5-6-7-8-12-11-13(2)9-10-14(12,3)15-13/h9-10,12H,4-8,11H2,1-3H3. The summed E-state index contributed by atoms with van der Waals surface area (Å²) in [6.07, 6.45) is 12.6. The van der Waals surface area contributed by atoms with Gasteiger partial charge in [-0.3, -0.25) is 0 Å². The molecule has 0 radical (unpaired) electrons. The molecule has 1 heteroatoms. The average Bonchev–Trinajstić information content (AvgIpc) is 2.61. The average molecular weight is 208 g/mol. The quantitative estimate of drug-likeness (QED) is 0.488. The van der Waals surface area contributed by atoms with E-state index in [1.807, 2.05) is 0 Å². The summed E-state index contributed by atoms with van der Waals surface area (Å²) in [6, 6.07) is 0. The molecule has 0 N–H and O–H groups in total. The van der Waals surface area contributed by atoms with Crippen LogP contribution in [-0.4, -0.2) is 11.2 Å². The summed E-state index contributed by atoms with van der Waals surface area (Å²) >= 11 is 0. The lowest BCUT2D eigenvalue weighted by molar-refractivity contribution is -0.0221. The van der Waals surface area contributed by atoms with Gasteiger partial charge < -0.3 is 4.74 Å². The molecule has 3 unspecified atom stereocenters. The van der Waals surface area contributed by atoms with E-state index in [9.17, 15) is 0 Å². The van der Waals surface area contributed by atoms with Crippen molar-refractivity contribution in [2.45, 2.75) is 70.5 Å². The summed E-state index contributed by atoms with van der Waals surface area (Å²) in [5.41, 5.74) is 0.116. The second-order valence-electron chi connectivity index (χ2n) is 5.68. The molecule has 1 fully saturated rings. The first-order valence-electron chi connectivity index (χ1n) is 6.48. The lowest BCUT2D eigenvalue weighted by atomic mass is 9.78. The molecule has 86 valence electrons. The molecule has 1 nitrogen and oxygen atoms in total. The van der Waals surface area contributed by atoms with E-state index >= 15 is 0 Å². The highest BCUT2D eigenvalue weighted by molar-refractivity contribution is 5.23. The maximum atomic E-state index is 6.11. The maximum Gasteiger partial charge on any atom is 0.0876 e. The van der Waals surface area contributed by atoms with E-state index in [0.717, 1.165) is 5.92 Å². The Morgan fingerprint density at radius 1 is 1.20 bits per heavy atom. The molecular weight excluding hydrogens is 184 g/mol. The molecule has 2 rings (SSSR count). The third-order valence-electron chi connectivity index (χ3n) is 4.09. The van der Waals surface area contributed by atoms with E-state index in [0.29, 0.717) is 0 Å². The summed E-state index contributed by atoms with van der Waals surface area (Å²) in [4.78, 5) is 0. The van der Waals surface area contributed by atoms with E-state index in [1.165, 1.54) is 38.5 Å². The minimum Gasteiger partial charge on any atom is -0.361 e. The van der Waals surface area contributed by atoms with Crippen molar-refractivity contribution in [1.82, 2.24) is 0 Å². The van der Waals surface area contributed by atoms with Crippen molar-refractivity contribution in [3.63, 3.8) is 0 Å². The van der Waals surface area contributed by atoms with Gasteiger partial charge in [0.15, 0.2) is 0 Å². The van der Waals surface area contributed by atoms with Crippen molar-refractivity contribution >= 4 is 0 Å². The van der Waals surface area contributed by atoms with E-state index < -0.39 is 0 Å². The van der Waals surface area contributed by atoms with Gasteiger partial charge in [0.2, 0.25) is 0 Å². The fourth-order valence-corrected chi connectivity index (χ4v) is 3.14. The first-order chi connectivity index (χ1) is 7.08. The van der Waals surface area contributed by atoms with Gasteiger partial charge in [0.25, 0.3) is 0 Å². The predicted octanol–water partition coefficient (Wildman–Crippen LogP) is 4.08. The first-order valence-corrected chi connectivity index (χ1v) is 6.48. The molecule has 0 aliphatic carbocycles. The number of hydrogen-bond donors (Lipinski definition) is 0. The maximum absolute atomic E-state index is 6.11. The molecule has 0 spiro atoms. The minimum atomic E-state index is 0.0565. The highest BCUT2D eigenvalue weighted by atomic mass is 16.5. The van der Waals surface area contributed by atoms with Crippen molar-refractivity contribution in [2.75, 3.05) is 0 Å². The van der Waals surface area contributed by atoms with Crippen LogP contribution in [0.3, 0.4) is 0 Å². The third kappa shape index (κ3) is 2.13. The summed E-state index contributed by atoms with van der Waals surface area (Å²) in [6.45, 7) is 6.75. The zero-order valence-corrected chi connectivity index (χ0v) is 10.4. The Bertz CT molecular complexity index is 258. The Kier molecular flexibility index (Phi) is 2.94. The Hall–Kier alpha value is -0.300. The molecule has 2 aliphatic rings. The van der Waals surface area contributed by atoms with Crippen LogP contribution in [0.5, 0.6) is 0 Å². The highest BCUT2D eigenvalue weighted by Crippen LogP contribution is 2.50. The van der Waals surface area contributed by atoms with Crippen molar-refractivity contribution in [3.8, 4) is 0 Å². The van der Waals surface area contributed by atoms with E-state index in [-0.39, 0.29) is 11.2 Å². The molecule has 15 heavy (non-hydrogen) atoms. The van der Waals surface area contributed by atoms with E-state index in [1.54, 1.807) is 0 Å². The van der Waals surface area contributed by atoms with E-state index in [4.69, 9.17) is 4.74 Å². The van der Waals surface area contributed by atoms with Gasteiger partial charge in [-0.05, 0) is 32.6 Å². The summed E-state index contributed by atoms with van der Waals surface area (Å²) in [5.74, 6) is 0.754. The van der Waals surface area contributed by atoms with Crippen molar-refractivity contribution in [3.05, 3.63) is 12.2 Å². The molecule has 0 amide bonds. The molecule has 0 aromatic carbocycles. The fourth-order valence-electron chi connectivity index (χ4n) is 3.14.